The van der Waals surface area contributed by atoms with Crippen molar-refractivity contribution in [3.05, 3.63) is 0 Å². The minimum Gasteiger partial charge on any atom is -0.388 e. The van der Waals surface area contributed by atoms with Gasteiger partial charge < -0.3 is 31.2 Å². The first kappa shape index (κ1) is 10.8. The summed E-state index contributed by atoms with van der Waals surface area (Å²) < 4.78 is 10.1. The molecule has 0 spiro atoms. The average molecular weight is 192 g/mol. The van der Waals surface area contributed by atoms with E-state index in [2.05, 4.69) is 0 Å². The van der Waals surface area contributed by atoms with E-state index in [-0.39, 0.29) is 6.54 Å². The first-order valence-corrected chi connectivity index (χ1v) is 4.11. The van der Waals surface area contributed by atoms with Crippen molar-refractivity contribution in [2.75, 3.05) is 13.7 Å². The van der Waals surface area contributed by atoms with Gasteiger partial charge in [-0.2, -0.15) is 0 Å². The normalized spacial score (nSPS) is 46.4. The van der Waals surface area contributed by atoms with Crippen LogP contribution in [0.3, 0.4) is 0 Å². The van der Waals surface area contributed by atoms with Crippen molar-refractivity contribution in [3.8, 4) is 0 Å². The monoisotopic (exact) mass is 192 g/mol. The number of hydrogen-bond acceptors (Lipinski definition) is 6. The number of methoxy groups -OCH3 is 1. The maximum absolute atomic E-state index is 9.46. The van der Waals surface area contributed by atoms with Crippen LogP contribution in [0, 0.1) is 0 Å². The van der Waals surface area contributed by atoms with Crippen LogP contribution >= 0.6 is 0 Å². The average Bonchev–Trinajstić information content (AvgIpc) is 2.15. The Bertz CT molecular complexity index is 149. The molecule has 1 aliphatic rings. The third kappa shape index (κ3) is 1.98. The lowest BCUT2D eigenvalue weighted by Gasteiger charge is -2.40. The molecule has 6 N–H and O–H groups in total. The van der Waals surface area contributed by atoms with Gasteiger partial charge in [-0.05, 0) is 0 Å². The zero-order chi connectivity index (χ0) is 10.0. The molecule has 0 aromatic carbocycles. The molecule has 1 rings (SSSR count). The van der Waals surface area contributed by atoms with Crippen molar-refractivity contribution in [1.29, 1.82) is 0 Å². The summed E-state index contributed by atoms with van der Waals surface area (Å²) in [5, 5.41) is 18.9. The Morgan fingerprint density at radius 1 is 1.38 bits per heavy atom. The molecule has 0 bridgehead atoms. The van der Waals surface area contributed by atoms with E-state index in [1.54, 1.807) is 0 Å². The Hall–Kier alpha value is -0.240. The van der Waals surface area contributed by atoms with Crippen molar-refractivity contribution >= 4 is 0 Å². The minimum atomic E-state index is -1.06. The zero-order valence-corrected chi connectivity index (χ0v) is 7.46. The van der Waals surface area contributed by atoms with Gasteiger partial charge in [0.05, 0.1) is 6.04 Å². The van der Waals surface area contributed by atoms with Gasteiger partial charge in [0.1, 0.15) is 18.3 Å². The van der Waals surface area contributed by atoms with Gasteiger partial charge in [-0.1, -0.05) is 0 Å². The Kier molecular flexibility index (Phi) is 3.60. The van der Waals surface area contributed by atoms with Crippen LogP contribution in [0.25, 0.3) is 0 Å². The number of nitrogens with two attached hydrogens (primary N) is 2. The second-order valence-electron chi connectivity index (χ2n) is 3.07. The Morgan fingerprint density at radius 2 is 2.00 bits per heavy atom. The van der Waals surface area contributed by atoms with Crippen LogP contribution in [0.2, 0.25) is 0 Å². The molecule has 1 aliphatic heterocycles. The van der Waals surface area contributed by atoms with Crippen LogP contribution in [-0.2, 0) is 9.47 Å². The van der Waals surface area contributed by atoms with Gasteiger partial charge in [0.25, 0.3) is 0 Å². The second-order valence-corrected chi connectivity index (χ2v) is 3.07. The van der Waals surface area contributed by atoms with Crippen LogP contribution in [-0.4, -0.2) is 54.5 Å². The molecule has 0 aliphatic carbocycles. The lowest BCUT2D eigenvalue weighted by Crippen LogP contribution is -2.62. The SMILES string of the molecule is COC1OC(CN)C(O)C(O)C1N. The lowest BCUT2D eigenvalue weighted by molar-refractivity contribution is -0.248. The van der Waals surface area contributed by atoms with Crippen molar-refractivity contribution < 1.29 is 19.7 Å². The summed E-state index contributed by atoms with van der Waals surface area (Å²) in [6.45, 7) is 0.116. The summed E-state index contributed by atoms with van der Waals surface area (Å²) in [4.78, 5) is 0. The molecule has 0 saturated carbocycles. The second kappa shape index (κ2) is 4.32. The molecule has 78 valence electrons. The summed E-state index contributed by atoms with van der Waals surface area (Å²) in [5.74, 6) is 0. The number of hydrogen-bond donors (Lipinski definition) is 4. The largest absolute Gasteiger partial charge is 0.388 e. The highest BCUT2D eigenvalue weighted by molar-refractivity contribution is 4.91. The summed E-state index contributed by atoms with van der Waals surface area (Å²) in [6, 6.07) is -0.747. The van der Waals surface area contributed by atoms with Crippen molar-refractivity contribution in [2.24, 2.45) is 11.5 Å². The minimum absolute atomic E-state index is 0.116. The Labute approximate surface area is 76.4 Å². The first-order valence-electron chi connectivity index (χ1n) is 4.11. The topological polar surface area (TPSA) is 111 Å². The van der Waals surface area contributed by atoms with Gasteiger partial charge in [-0.15, -0.1) is 0 Å². The highest BCUT2D eigenvalue weighted by atomic mass is 16.7. The molecule has 5 unspecified atom stereocenters. The molecule has 0 radical (unpaired) electrons. The predicted molar refractivity (Wildman–Crippen MR) is 44.7 cm³/mol. The Balaban J connectivity index is 2.66. The molecule has 0 aromatic rings. The molecule has 13 heavy (non-hydrogen) atoms. The molecule has 5 atom stereocenters. The zero-order valence-electron chi connectivity index (χ0n) is 7.46. The molecule has 0 aromatic heterocycles. The van der Waals surface area contributed by atoms with Crippen LogP contribution in [0.15, 0.2) is 0 Å². The smallest absolute Gasteiger partial charge is 0.175 e. The molecule has 1 heterocycles. The van der Waals surface area contributed by atoms with Gasteiger partial charge in [0, 0.05) is 13.7 Å². The quantitative estimate of drug-likeness (QED) is 0.381. The van der Waals surface area contributed by atoms with Crippen LogP contribution in [0.1, 0.15) is 0 Å². The number of ether oxygens (including phenoxy) is 2. The highest BCUT2D eigenvalue weighted by Crippen LogP contribution is 2.19. The van der Waals surface area contributed by atoms with E-state index in [4.69, 9.17) is 20.9 Å². The van der Waals surface area contributed by atoms with E-state index >= 15 is 0 Å². The van der Waals surface area contributed by atoms with E-state index in [1.165, 1.54) is 7.11 Å². The summed E-state index contributed by atoms with van der Waals surface area (Å²) >= 11 is 0. The van der Waals surface area contributed by atoms with E-state index in [1.807, 2.05) is 0 Å². The van der Waals surface area contributed by atoms with Gasteiger partial charge in [0.2, 0.25) is 0 Å². The summed E-state index contributed by atoms with van der Waals surface area (Å²) in [6.07, 6.45) is -3.45. The van der Waals surface area contributed by atoms with Gasteiger partial charge >= 0.3 is 0 Å². The van der Waals surface area contributed by atoms with Crippen molar-refractivity contribution in [1.82, 2.24) is 0 Å². The highest BCUT2D eigenvalue weighted by Gasteiger charge is 2.42. The van der Waals surface area contributed by atoms with Crippen LogP contribution < -0.4 is 11.5 Å². The summed E-state index contributed by atoms with van der Waals surface area (Å²) in [7, 11) is 1.42. The Morgan fingerprint density at radius 3 is 2.46 bits per heavy atom. The molecular formula is C7H16N2O4. The number of aliphatic hydroxyl groups is 2. The van der Waals surface area contributed by atoms with Crippen molar-refractivity contribution in [2.45, 2.75) is 30.6 Å². The summed E-state index contributed by atoms with van der Waals surface area (Å²) in [5.41, 5.74) is 10.9. The molecule has 1 fully saturated rings. The fraction of sp³-hybridized carbons (Fsp3) is 1.00. The third-order valence-corrected chi connectivity index (χ3v) is 2.21. The molecular weight excluding hydrogens is 176 g/mol. The van der Waals surface area contributed by atoms with Gasteiger partial charge in [-0.3, -0.25) is 0 Å². The fourth-order valence-electron chi connectivity index (χ4n) is 1.36. The molecule has 6 nitrogen and oxygen atoms in total. The van der Waals surface area contributed by atoms with Crippen LogP contribution in [0.4, 0.5) is 0 Å². The predicted octanol–water partition coefficient (Wildman–Crippen LogP) is -2.63. The van der Waals surface area contributed by atoms with Gasteiger partial charge in [0.15, 0.2) is 6.29 Å². The fourth-order valence-corrected chi connectivity index (χ4v) is 1.36. The standard InChI is InChI=1S/C7H16N2O4/c1-12-7-4(9)6(11)5(10)3(2-8)13-7/h3-7,10-11H,2,8-9H2,1H3. The molecule has 6 heteroatoms. The van der Waals surface area contributed by atoms with E-state index in [0.29, 0.717) is 0 Å². The molecule has 1 saturated heterocycles. The van der Waals surface area contributed by atoms with Crippen molar-refractivity contribution in [3.63, 3.8) is 0 Å². The lowest BCUT2D eigenvalue weighted by atomic mass is 9.97. The first-order chi connectivity index (χ1) is 6.11. The number of aliphatic hydroxyl groups excluding tert-OH is 2. The van der Waals surface area contributed by atoms with Crippen LogP contribution in [0.5, 0.6) is 0 Å². The van der Waals surface area contributed by atoms with E-state index in [9.17, 15) is 10.2 Å². The number of rotatable bonds is 2. The maximum Gasteiger partial charge on any atom is 0.175 e. The van der Waals surface area contributed by atoms with Gasteiger partial charge in [-0.25, -0.2) is 0 Å². The maximum atomic E-state index is 9.46. The van der Waals surface area contributed by atoms with E-state index < -0.39 is 30.6 Å². The van der Waals surface area contributed by atoms with E-state index in [0.717, 1.165) is 0 Å². The third-order valence-electron chi connectivity index (χ3n) is 2.21. The molecule has 0 amide bonds.